The van der Waals surface area contributed by atoms with Crippen molar-refractivity contribution < 1.29 is 13.2 Å². The van der Waals surface area contributed by atoms with Gasteiger partial charge >= 0.3 is 0 Å². The molecule has 24 heavy (non-hydrogen) atoms. The maximum absolute atomic E-state index is 12.9. The van der Waals surface area contributed by atoms with Crippen LogP contribution >= 0.6 is 0 Å². The highest BCUT2D eigenvalue weighted by molar-refractivity contribution is 7.89. The number of fused-ring (bicyclic) bond motifs is 1. The topological polar surface area (TPSA) is 75.5 Å². The molecule has 1 amide bonds. The fourth-order valence-electron chi connectivity index (χ4n) is 3.03. The summed E-state index contributed by atoms with van der Waals surface area (Å²) in [4.78, 5) is 18.1. The number of carbonyl (C=O) groups is 1. The van der Waals surface area contributed by atoms with Crippen molar-refractivity contribution in [2.24, 2.45) is 7.05 Å². The average molecular weight is 350 g/mol. The van der Waals surface area contributed by atoms with Crippen LogP contribution in [0.15, 0.2) is 29.4 Å². The van der Waals surface area contributed by atoms with E-state index in [0.29, 0.717) is 44.5 Å². The maximum Gasteiger partial charge on any atom is 0.243 e. The molecule has 1 saturated heterocycles. The number of hydrogen-bond donors (Lipinski definition) is 0. The molecule has 130 valence electrons. The summed E-state index contributed by atoms with van der Waals surface area (Å²) < 4.78 is 29.2. The van der Waals surface area contributed by atoms with Crippen molar-refractivity contribution in [2.45, 2.75) is 24.7 Å². The Hall–Kier alpha value is -1.93. The van der Waals surface area contributed by atoms with Gasteiger partial charge in [-0.25, -0.2) is 13.4 Å². The Morgan fingerprint density at radius 1 is 1.21 bits per heavy atom. The van der Waals surface area contributed by atoms with Crippen molar-refractivity contribution in [1.82, 2.24) is 18.8 Å². The van der Waals surface area contributed by atoms with E-state index in [9.17, 15) is 13.2 Å². The molecular weight excluding hydrogens is 328 g/mol. The van der Waals surface area contributed by atoms with Gasteiger partial charge in [0, 0.05) is 39.6 Å². The molecule has 3 rings (SSSR count). The molecule has 0 spiro atoms. The number of hydrogen-bond acceptors (Lipinski definition) is 4. The highest BCUT2D eigenvalue weighted by Gasteiger charge is 2.28. The second kappa shape index (κ2) is 6.52. The molecule has 1 aliphatic rings. The molecule has 1 aliphatic heterocycles. The number of nitrogens with zero attached hydrogens (tertiary/aromatic N) is 4. The maximum atomic E-state index is 12.9. The Kier molecular flexibility index (Phi) is 4.60. The van der Waals surface area contributed by atoms with E-state index in [4.69, 9.17) is 0 Å². The van der Waals surface area contributed by atoms with Crippen LogP contribution in [0.2, 0.25) is 0 Å². The van der Waals surface area contributed by atoms with Crippen LogP contribution in [0.1, 0.15) is 19.8 Å². The average Bonchev–Trinajstić information content (AvgIpc) is 2.79. The van der Waals surface area contributed by atoms with Crippen molar-refractivity contribution in [3.05, 3.63) is 24.5 Å². The Bertz CT molecular complexity index is 859. The molecule has 0 saturated carbocycles. The van der Waals surface area contributed by atoms with Crippen LogP contribution in [0.3, 0.4) is 0 Å². The fourth-order valence-corrected chi connectivity index (χ4v) is 4.52. The zero-order valence-corrected chi connectivity index (χ0v) is 14.8. The lowest BCUT2D eigenvalue weighted by molar-refractivity contribution is -0.130. The van der Waals surface area contributed by atoms with Crippen LogP contribution < -0.4 is 0 Å². The second-order valence-corrected chi connectivity index (χ2v) is 7.94. The minimum absolute atomic E-state index is 0.0733. The number of amides is 1. The van der Waals surface area contributed by atoms with E-state index in [2.05, 4.69) is 4.98 Å². The summed E-state index contributed by atoms with van der Waals surface area (Å²) in [7, 11) is -1.70. The Morgan fingerprint density at radius 3 is 2.75 bits per heavy atom. The number of imidazole rings is 1. The van der Waals surface area contributed by atoms with Crippen LogP contribution in [0, 0.1) is 0 Å². The molecule has 0 N–H and O–H groups in total. The predicted molar refractivity (Wildman–Crippen MR) is 91.0 cm³/mol. The molecule has 0 atom stereocenters. The Morgan fingerprint density at radius 2 is 2.00 bits per heavy atom. The van der Waals surface area contributed by atoms with E-state index >= 15 is 0 Å². The van der Waals surface area contributed by atoms with Gasteiger partial charge in [-0.05, 0) is 24.6 Å². The molecule has 0 unspecified atom stereocenters. The number of benzene rings is 1. The zero-order chi connectivity index (χ0) is 17.3. The van der Waals surface area contributed by atoms with Gasteiger partial charge in [-0.1, -0.05) is 6.92 Å². The first-order chi connectivity index (χ1) is 11.4. The van der Waals surface area contributed by atoms with Crippen molar-refractivity contribution in [1.29, 1.82) is 0 Å². The number of sulfonamides is 1. The summed E-state index contributed by atoms with van der Waals surface area (Å²) in [6, 6.07) is 5.02. The summed E-state index contributed by atoms with van der Waals surface area (Å²) in [5, 5.41) is 0. The molecule has 1 aromatic carbocycles. The van der Waals surface area contributed by atoms with Crippen molar-refractivity contribution in [3.8, 4) is 0 Å². The lowest BCUT2D eigenvalue weighted by Gasteiger charge is -2.21. The van der Waals surface area contributed by atoms with Gasteiger partial charge < -0.3 is 9.47 Å². The van der Waals surface area contributed by atoms with Crippen LogP contribution in [-0.2, 0) is 21.9 Å². The number of carbonyl (C=O) groups excluding carboxylic acids is 1. The van der Waals surface area contributed by atoms with Crippen molar-refractivity contribution in [2.75, 3.05) is 26.2 Å². The molecule has 0 aliphatic carbocycles. The summed E-state index contributed by atoms with van der Waals surface area (Å²) in [5.41, 5.74) is 1.56. The fraction of sp³-hybridized carbons (Fsp3) is 0.500. The summed E-state index contributed by atoms with van der Waals surface area (Å²) in [5.74, 6) is 0.0733. The number of rotatable bonds is 3. The minimum Gasteiger partial charge on any atom is -0.341 e. The third-order valence-corrected chi connectivity index (χ3v) is 6.34. The molecule has 7 nitrogen and oxygen atoms in total. The van der Waals surface area contributed by atoms with Crippen LogP contribution in [-0.4, -0.2) is 59.3 Å². The molecule has 1 aromatic heterocycles. The van der Waals surface area contributed by atoms with Crippen LogP contribution in [0.4, 0.5) is 0 Å². The predicted octanol–water partition coefficient (Wildman–Crippen LogP) is 1.21. The third kappa shape index (κ3) is 3.03. The SMILES string of the molecule is CCC(=O)N1CCCN(S(=O)(=O)c2ccc3c(c2)ncn3C)CC1. The Balaban J connectivity index is 1.84. The molecule has 1 fully saturated rings. The minimum atomic E-state index is -3.58. The van der Waals surface area contributed by atoms with Crippen LogP contribution in [0.5, 0.6) is 0 Å². The van der Waals surface area contributed by atoms with Gasteiger partial charge in [0.2, 0.25) is 15.9 Å². The van der Waals surface area contributed by atoms with Gasteiger partial charge in [0.25, 0.3) is 0 Å². The van der Waals surface area contributed by atoms with E-state index in [1.54, 1.807) is 29.4 Å². The highest BCUT2D eigenvalue weighted by Crippen LogP contribution is 2.22. The van der Waals surface area contributed by atoms with E-state index in [-0.39, 0.29) is 10.8 Å². The van der Waals surface area contributed by atoms with Gasteiger partial charge in [-0.2, -0.15) is 4.31 Å². The first kappa shape index (κ1) is 16.9. The quantitative estimate of drug-likeness (QED) is 0.834. The van der Waals surface area contributed by atoms with E-state index in [1.165, 1.54) is 4.31 Å². The van der Waals surface area contributed by atoms with E-state index in [1.807, 2.05) is 18.5 Å². The first-order valence-electron chi connectivity index (χ1n) is 8.12. The monoisotopic (exact) mass is 350 g/mol. The number of aromatic nitrogens is 2. The van der Waals surface area contributed by atoms with Gasteiger partial charge in [0.15, 0.2) is 0 Å². The zero-order valence-electron chi connectivity index (χ0n) is 14.0. The first-order valence-corrected chi connectivity index (χ1v) is 9.56. The van der Waals surface area contributed by atoms with E-state index < -0.39 is 10.0 Å². The molecule has 8 heteroatoms. The highest BCUT2D eigenvalue weighted by atomic mass is 32.2. The molecule has 2 aromatic rings. The smallest absolute Gasteiger partial charge is 0.243 e. The lowest BCUT2D eigenvalue weighted by atomic mass is 10.3. The molecule has 0 radical (unpaired) electrons. The van der Waals surface area contributed by atoms with Gasteiger partial charge in [0.1, 0.15) is 0 Å². The summed E-state index contributed by atoms with van der Waals surface area (Å²) in [6.07, 6.45) is 2.77. The van der Waals surface area contributed by atoms with Gasteiger partial charge in [0.05, 0.1) is 22.3 Å². The summed E-state index contributed by atoms with van der Waals surface area (Å²) >= 11 is 0. The van der Waals surface area contributed by atoms with Gasteiger partial charge in [-0.3, -0.25) is 4.79 Å². The Labute approximate surface area is 141 Å². The van der Waals surface area contributed by atoms with Crippen LogP contribution in [0.25, 0.3) is 11.0 Å². The molecule has 2 heterocycles. The number of aryl methyl sites for hydroxylation is 1. The second-order valence-electron chi connectivity index (χ2n) is 6.00. The lowest BCUT2D eigenvalue weighted by Crippen LogP contribution is -2.37. The van der Waals surface area contributed by atoms with Gasteiger partial charge in [-0.15, -0.1) is 0 Å². The largest absolute Gasteiger partial charge is 0.341 e. The third-order valence-electron chi connectivity index (χ3n) is 4.44. The summed E-state index contributed by atoms with van der Waals surface area (Å²) in [6.45, 7) is 3.63. The standard InChI is InChI=1S/C16H22N4O3S/c1-3-16(21)19-7-4-8-20(10-9-19)24(22,23)13-5-6-15-14(11-13)17-12-18(15)2/h5-6,11-12H,3-4,7-10H2,1-2H3. The normalized spacial score (nSPS) is 17.2. The van der Waals surface area contributed by atoms with Crippen molar-refractivity contribution >= 4 is 27.0 Å². The molecular formula is C16H22N4O3S. The molecule has 0 bridgehead atoms. The van der Waals surface area contributed by atoms with Crippen molar-refractivity contribution in [3.63, 3.8) is 0 Å². The van der Waals surface area contributed by atoms with E-state index in [0.717, 1.165) is 5.52 Å².